The van der Waals surface area contributed by atoms with E-state index >= 15 is 0 Å². The summed E-state index contributed by atoms with van der Waals surface area (Å²) >= 11 is 0. The maximum Gasteiger partial charge on any atom is 0.359 e. The van der Waals surface area contributed by atoms with Gasteiger partial charge < -0.3 is 14.8 Å². The first-order valence-electron chi connectivity index (χ1n) is 5.99. The van der Waals surface area contributed by atoms with Gasteiger partial charge >= 0.3 is 5.97 Å². The summed E-state index contributed by atoms with van der Waals surface area (Å²) in [5.74, 6) is 0.937. The number of nitrogens with zero attached hydrogens (tertiary/aromatic N) is 2. The van der Waals surface area contributed by atoms with E-state index in [2.05, 4.69) is 10.3 Å². The van der Waals surface area contributed by atoms with Crippen LogP contribution in [0.25, 0.3) is 5.52 Å². The average molecular weight is 263 g/mol. The number of carbonyl (C=O) groups is 1. The van der Waals surface area contributed by atoms with Crippen LogP contribution >= 0.6 is 0 Å². The van der Waals surface area contributed by atoms with Gasteiger partial charge in [-0.1, -0.05) is 0 Å². The molecule has 2 aromatic heterocycles. The Hall–Kier alpha value is -2.08. The van der Waals surface area contributed by atoms with E-state index in [0.717, 1.165) is 12.4 Å². The number of hydrogen-bond acceptors (Lipinski definition) is 5. The summed E-state index contributed by atoms with van der Waals surface area (Å²) in [4.78, 5) is 16.2. The van der Waals surface area contributed by atoms with Crippen LogP contribution in [-0.2, 0) is 11.2 Å². The molecule has 0 saturated carbocycles. The molecule has 0 aliphatic heterocycles. The number of rotatable bonds is 5. The van der Waals surface area contributed by atoms with Gasteiger partial charge in [0.2, 0.25) is 0 Å². The lowest BCUT2D eigenvalue weighted by atomic mass is 10.3. The molecule has 6 heteroatoms. The van der Waals surface area contributed by atoms with E-state index in [4.69, 9.17) is 9.47 Å². The quantitative estimate of drug-likeness (QED) is 0.812. The summed E-state index contributed by atoms with van der Waals surface area (Å²) in [5, 5.41) is 3.06. The van der Waals surface area contributed by atoms with Gasteiger partial charge in [0, 0.05) is 19.2 Å². The molecule has 0 amide bonds. The van der Waals surface area contributed by atoms with Crippen LogP contribution in [0.3, 0.4) is 0 Å². The second-order valence-corrected chi connectivity index (χ2v) is 4.02. The Morgan fingerprint density at radius 1 is 1.47 bits per heavy atom. The van der Waals surface area contributed by atoms with E-state index in [1.165, 1.54) is 7.11 Å². The highest BCUT2D eigenvalue weighted by atomic mass is 16.5. The minimum atomic E-state index is -0.460. The van der Waals surface area contributed by atoms with Gasteiger partial charge in [-0.25, -0.2) is 9.78 Å². The van der Waals surface area contributed by atoms with Crippen molar-refractivity contribution in [2.75, 3.05) is 27.8 Å². The Balaban J connectivity index is 2.62. The van der Waals surface area contributed by atoms with Crippen molar-refractivity contribution in [3.05, 3.63) is 29.8 Å². The molecule has 2 heterocycles. The van der Waals surface area contributed by atoms with Crippen molar-refractivity contribution in [3.63, 3.8) is 0 Å². The Morgan fingerprint density at radius 3 is 2.89 bits per heavy atom. The third-order valence-electron chi connectivity index (χ3n) is 2.90. The molecule has 6 nitrogen and oxygen atoms in total. The summed E-state index contributed by atoms with van der Waals surface area (Å²) in [6.07, 6.45) is 2.57. The molecule has 19 heavy (non-hydrogen) atoms. The number of likely N-dealkylation sites (N-methyl/N-ethyl adjacent to an activating group) is 1. The van der Waals surface area contributed by atoms with Gasteiger partial charge in [-0.05, 0) is 19.2 Å². The van der Waals surface area contributed by atoms with Gasteiger partial charge in [-0.3, -0.25) is 4.40 Å². The molecule has 0 aromatic carbocycles. The molecular formula is C13H17N3O3. The average Bonchev–Trinajstić information content (AvgIpc) is 2.83. The molecular weight excluding hydrogens is 246 g/mol. The first-order valence-corrected chi connectivity index (χ1v) is 5.99. The standard InChI is InChI=1S/C13H17N3O3/c1-14-7-6-10-15-11(13(17)19-3)12-9(18-2)5-4-8-16(10)12/h4-5,8,14H,6-7H2,1-3H3. The van der Waals surface area contributed by atoms with Gasteiger partial charge in [0.25, 0.3) is 0 Å². The topological polar surface area (TPSA) is 64.9 Å². The number of methoxy groups -OCH3 is 2. The molecule has 2 rings (SSSR count). The Morgan fingerprint density at radius 2 is 2.26 bits per heavy atom. The number of aromatic nitrogens is 2. The second kappa shape index (κ2) is 5.71. The normalized spacial score (nSPS) is 10.7. The van der Waals surface area contributed by atoms with E-state index < -0.39 is 5.97 Å². The van der Waals surface area contributed by atoms with Crippen molar-refractivity contribution < 1.29 is 14.3 Å². The van der Waals surface area contributed by atoms with Crippen LogP contribution in [0.5, 0.6) is 5.75 Å². The fourth-order valence-corrected chi connectivity index (χ4v) is 1.99. The van der Waals surface area contributed by atoms with E-state index in [1.807, 2.05) is 23.7 Å². The molecule has 0 radical (unpaired) electrons. The van der Waals surface area contributed by atoms with Crippen molar-refractivity contribution >= 4 is 11.5 Å². The maximum atomic E-state index is 11.8. The van der Waals surface area contributed by atoms with E-state index in [1.54, 1.807) is 13.2 Å². The van der Waals surface area contributed by atoms with Crippen molar-refractivity contribution in [2.24, 2.45) is 0 Å². The third-order valence-corrected chi connectivity index (χ3v) is 2.90. The lowest BCUT2D eigenvalue weighted by molar-refractivity contribution is 0.0596. The summed E-state index contributed by atoms with van der Waals surface area (Å²) in [7, 11) is 4.78. The predicted octanol–water partition coefficient (Wildman–Crippen LogP) is 0.891. The van der Waals surface area contributed by atoms with Crippen LogP contribution in [0.4, 0.5) is 0 Å². The summed E-state index contributed by atoms with van der Waals surface area (Å²) in [6.45, 7) is 0.775. The van der Waals surface area contributed by atoms with Crippen molar-refractivity contribution in [3.8, 4) is 5.75 Å². The van der Waals surface area contributed by atoms with Gasteiger partial charge in [0.05, 0.1) is 14.2 Å². The number of ether oxygens (including phenoxy) is 2. The number of nitrogens with one attached hydrogen (secondary N) is 1. The van der Waals surface area contributed by atoms with Crippen molar-refractivity contribution in [2.45, 2.75) is 6.42 Å². The number of fused-ring (bicyclic) bond motifs is 1. The smallest absolute Gasteiger partial charge is 0.359 e. The lowest BCUT2D eigenvalue weighted by Gasteiger charge is -2.05. The van der Waals surface area contributed by atoms with E-state index in [-0.39, 0.29) is 5.69 Å². The van der Waals surface area contributed by atoms with Gasteiger partial charge in [-0.2, -0.15) is 0 Å². The summed E-state index contributed by atoms with van der Waals surface area (Å²) in [6, 6.07) is 3.66. The van der Waals surface area contributed by atoms with Gasteiger partial charge in [0.15, 0.2) is 5.69 Å². The minimum absolute atomic E-state index is 0.283. The maximum absolute atomic E-state index is 11.8. The van der Waals surface area contributed by atoms with Gasteiger partial charge in [0.1, 0.15) is 17.1 Å². The highest BCUT2D eigenvalue weighted by Crippen LogP contribution is 2.25. The monoisotopic (exact) mass is 263 g/mol. The number of esters is 1. The number of hydrogen-bond donors (Lipinski definition) is 1. The highest BCUT2D eigenvalue weighted by Gasteiger charge is 2.20. The molecule has 102 valence electrons. The van der Waals surface area contributed by atoms with Crippen LogP contribution in [0.1, 0.15) is 16.3 Å². The largest absolute Gasteiger partial charge is 0.494 e. The summed E-state index contributed by atoms with van der Waals surface area (Å²) < 4.78 is 11.9. The first kappa shape index (κ1) is 13.4. The molecule has 2 aromatic rings. The molecule has 0 aliphatic rings. The number of imidazole rings is 1. The molecule has 0 bridgehead atoms. The zero-order valence-corrected chi connectivity index (χ0v) is 11.3. The van der Waals surface area contributed by atoms with Crippen LogP contribution in [0, 0.1) is 0 Å². The van der Waals surface area contributed by atoms with Crippen LogP contribution in [0.2, 0.25) is 0 Å². The molecule has 1 N–H and O–H groups in total. The SMILES string of the molecule is CNCCc1nc(C(=O)OC)c2c(OC)cccn12. The third kappa shape index (κ3) is 2.39. The number of pyridine rings is 1. The van der Waals surface area contributed by atoms with Crippen molar-refractivity contribution in [1.29, 1.82) is 0 Å². The lowest BCUT2D eigenvalue weighted by Crippen LogP contribution is -2.12. The molecule has 0 unspecified atom stereocenters. The highest BCUT2D eigenvalue weighted by molar-refractivity contribution is 5.97. The predicted molar refractivity (Wildman–Crippen MR) is 70.7 cm³/mol. The molecule has 0 aliphatic carbocycles. The molecule has 0 saturated heterocycles. The zero-order valence-electron chi connectivity index (χ0n) is 11.3. The van der Waals surface area contributed by atoms with Crippen LogP contribution < -0.4 is 10.1 Å². The summed E-state index contributed by atoms with van der Waals surface area (Å²) in [5.41, 5.74) is 0.925. The minimum Gasteiger partial charge on any atom is -0.494 e. The van der Waals surface area contributed by atoms with Crippen LogP contribution in [0.15, 0.2) is 18.3 Å². The fourth-order valence-electron chi connectivity index (χ4n) is 1.99. The Bertz CT molecular complexity index is 592. The second-order valence-electron chi connectivity index (χ2n) is 4.02. The molecule has 0 fully saturated rings. The zero-order chi connectivity index (χ0) is 13.8. The molecule has 0 atom stereocenters. The Labute approximate surface area is 111 Å². The van der Waals surface area contributed by atoms with Gasteiger partial charge in [-0.15, -0.1) is 0 Å². The Kier molecular flexibility index (Phi) is 4.01. The molecule has 0 spiro atoms. The fraction of sp³-hybridized carbons (Fsp3) is 0.385. The number of carbonyl (C=O) groups excluding carboxylic acids is 1. The van der Waals surface area contributed by atoms with Crippen molar-refractivity contribution in [1.82, 2.24) is 14.7 Å². The first-order chi connectivity index (χ1) is 9.22. The van der Waals surface area contributed by atoms with E-state index in [0.29, 0.717) is 17.7 Å². The van der Waals surface area contributed by atoms with E-state index in [9.17, 15) is 4.79 Å². The van der Waals surface area contributed by atoms with Crippen LogP contribution in [-0.4, -0.2) is 43.2 Å².